The Bertz CT molecular complexity index is 3180. The molecule has 0 saturated carbocycles. The van der Waals surface area contributed by atoms with Crippen molar-refractivity contribution in [2.24, 2.45) is 0 Å². The lowest BCUT2D eigenvalue weighted by molar-refractivity contribution is 0.953. The Hall–Kier alpha value is -6.85. The molecule has 0 saturated heterocycles. The number of hydrogen-bond donors (Lipinski definition) is 0. The molecule has 0 amide bonds. The van der Waals surface area contributed by atoms with Gasteiger partial charge in [-0.3, -0.25) is 4.57 Å². The number of para-hydroxylation sites is 2. The third-order valence-electron chi connectivity index (χ3n) is 9.04. The zero-order valence-corrected chi connectivity index (χ0v) is 26.4. The summed E-state index contributed by atoms with van der Waals surface area (Å²) in [4.78, 5) is 14.9. The van der Waals surface area contributed by atoms with Crippen molar-refractivity contribution in [3.63, 3.8) is 0 Å². The fourth-order valence-corrected chi connectivity index (χ4v) is 6.78. The second-order valence-corrected chi connectivity index (χ2v) is 11.9. The molecule has 3 heterocycles. The molecule has 5 nitrogen and oxygen atoms in total. The first-order valence-corrected chi connectivity index (χ1v) is 16.2. The second-order valence-electron chi connectivity index (χ2n) is 11.9. The van der Waals surface area contributed by atoms with E-state index in [9.17, 15) is 5.48 Å². The molecule has 50 heavy (non-hydrogen) atoms. The summed E-state index contributed by atoms with van der Waals surface area (Å²) in [5.41, 5.74) is 5.52. The highest BCUT2D eigenvalue weighted by Gasteiger charge is 2.23. The number of rotatable bonds is 5. The summed E-state index contributed by atoms with van der Waals surface area (Å²) in [6.45, 7) is 0. The van der Waals surface area contributed by atoms with E-state index in [4.69, 9.17) is 19.1 Å². The quantitative estimate of drug-likeness (QED) is 0.187. The van der Waals surface area contributed by atoms with Gasteiger partial charge in [0.1, 0.15) is 0 Å². The van der Waals surface area contributed by atoms with Crippen LogP contribution in [-0.2, 0) is 0 Å². The van der Waals surface area contributed by atoms with Crippen LogP contribution < -0.4 is 0 Å². The number of benzene rings is 7. The zero-order chi connectivity index (χ0) is 39.1. The van der Waals surface area contributed by atoms with E-state index in [1.165, 1.54) is 12.1 Å². The standard InChI is InChI=1S/C45H29N5/c1-4-14-30(15-5-1)31-24-26-34(27-25-31)49-39-22-12-10-20-35(39)37-28-29-38-36-21-11-13-23-40(36)50(42(38)41(37)49)45-47-43(32-16-6-2-7-17-32)46-44(48-45)33-18-8-3-9-19-33/h1-29H/i10D,11D,20D,21D,22D,23D,29D. The van der Waals surface area contributed by atoms with E-state index in [-0.39, 0.29) is 59.1 Å². The van der Waals surface area contributed by atoms with Crippen LogP contribution in [-0.4, -0.2) is 24.1 Å². The predicted molar refractivity (Wildman–Crippen MR) is 205 cm³/mol. The molecule has 10 aromatic rings. The molecule has 0 aliphatic rings. The van der Waals surface area contributed by atoms with Crippen LogP contribution in [0.25, 0.3) is 89.2 Å². The first-order chi connectivity index (χ1) is 27.7. The lowest BCUT2D eigenvalue weighted by atomic mass is 10.1. The smallest absolute Gasteiger partial charge is 0.238 e. The van der Waals surface area contributed by atoms with Crippen molar-refractivity contribution in [3.05, 3.63) is 176 Å². The SMILES string of the molecule is [2H]c1cc([2H])c2c(c1[2H])c1cc([2H])c3c4c([2H])c([2H])cc([2H])c4n(-c4nc(-c5ccccc5)nc(-c5ccccc5)n4)c3c1n2-c1ccc(-c2ccccc2)cc1. The third-order valence-corrected chi connectivity index (χ3v) is 9.04. The third kappa shape index (κ3) is 4.45. The number of fused-ring (bicyclic) bond motifs is 7. The molecule has 0 aliphatic heterocycles. The Morgan fingerprint density at radius 2 is 0.880 bits per heavy atom. The predicted octanol–water partition coefficient (Wildman–Crippen LogP) is 11.1. The Balaban J connectivity index is 1.43. The van der Waals surface area contributed by atoms with Crippen molar-refractivity contribution >= 4 is 43.6 Å². The molecule has 10 rings (SSSR count). The van der Waals surface area contributed by atoms with Crippen molar-refractivity contribution in [2.45, 2.75) is 0 Å². The molecule has 234 valence electrons. The van der Waals surface area contributed by atoms with Crippen LogP contribution in [0.5, 0.6) is 0 Å². The highest BCUT2D eigenvalue weighted by Crippen LogP contribution is 2.41. The van der Waals surface area contributed by atoms with Crippen molar-refractivity contribution < 1.29 is 9.60 Å². The molecule has 0 fully saturated rings. The van der Waals surface area contributed by atoms with Crippen molar-refractivity contribution in [1.29, 1.82) is 0 Å². The molecule has 0 atom stereocenters. The molecule has 0 N–H and O–H groups in total. The van der Waals surface area contributed by atoms with Crippen LogP contribution in [0.15, 0.2) is 176 Å². The van der Waals surface area contributed by atoms with Crippen LogP contribution in [0.1, 0.15) is 9.60 Å². The summed E-state index contributed by atoms with van der Waals surface area (Å²) in [5.74, 6) is 0.843. The van der Waals surface area contributed by atoms with E-state index in [0.717, 1.165) is 22.3 Å². The van der Waals surface area contributed by atoms with Crippen LogP contribution in [0.4, 0.5) is 0 Å². The molecule has 3 aromatic heterocycles. The van der Waals surface area contributed by atoms with Crippen molar-refractivity contribution in [2.75, 3.05) is 0 Å². The summed E-state index contributed by atoms with van der Waals surface area (Å²) in [5, 5.41) is 1.27. The van der Waals surface area contributed by atoms with Gasteiger partial charge in [0.25, 0.3) is 0 Å². The van der Waals surface area contributed by atoms with Crippen LogP contribution >= 0.6 is 0 Å². The summed E-state index contributed by atoms with van der Waals surface area (Å²) in [7, 11) is 0. The topological polar surface area (TPSA) is 48.5 Å². The van der Waals surface area contributed by atoms with Crippen molar-refractivity contribution in [3.8, 4) is 45.5 Å². The molecular weight excluding hydrogens is 611 g/mol. The molecule has 0 unspecified atom stereocenters. The van der Waals surface area contributed by atoms with Gasteiger partial charge in [-0.15, -0.1) is 0 Å². The minimum atomic E-state index is -0.172. The normalized spacial score (nSPS) is 13.6. The summed E-state index contributed by atoms with van der Waals surface area (Å²) < 4.78 is 67.4. The molecule has 7 aromatic carbocycles. The molecule has 0 aliphatic carbocycles. The van der Waals surface area contributed by atoms with Gasteiger partial charge < -0.3 is 4.57 Å². The summed E-state index contributed by atoms with van der Waals surface area (Å²) in [6.07, 6.45) is 0. The fraction of sp³-hybridized carbons (Fsp3) is 0. The first kappa shape index (κ1) is 21.9. The lowest BCUT2D eigenvalue weighted by Gasteiger charge is -2.13. The van der Waals surface area contributed by atoms with E-state index in [2.05, 4.69) is 0 Å². The van der Waals surface area contributed by atoms with Gasteiger partial charge >= 0.3 is 0 Å². The number of hydrogen-bond acceptors (Lipinski definition) is 3. The monoisotopic (exact) mass is 646 g/mol. The van der Waals surface area contributed by atoms with Gasteiger partial charge in [-0.2, -0.15) is 9.97 Å². The van der Waals surface area contributed by atoms with Gasteiger partial charge in [0.05, 0.1) is 31.7 Å². The average Bonchev–Trinajstić information content (AvgIpc) is 3.78. The number of nitrogens with zero attached hydrogens (tertiary/aromatic N) is 5. The molecule has 0 bridgehead atoms. The molecular formula is C45H29N5. The van der Waals surface area contributed by atoms with E-state index in [1.807, 2.05) is 120 Å². The second kappa shape index (κ2) is 11.4. The molecule has 0 spiro atoms. The number of aromatic nitrogens is 5. The van der Waals surface area contributed by atoms with Gasteiger partial charge in [0, 0.05) is 38.4 Å². The first-order valence-electron chi connectivity index (χ1n) is 19.7. The van der Waals surface area contributed by atoms with E-state index in [0.29, 0.717) is 50.0 Å². The van der Waals surface area contributed by atoms with Gasteiger partial charge in [0.2, 0.25) is 5.95 Å². The van der Waals surface area contributed by atoms with Crippen LogP contribution in [0.3, 0.4) is 0 Å². The largest absolute Gasteiger partial charge is 0.307 e. The maximum atomic E-state index is 9.55. The average molecular weight is 647 g/mol. The maximum absolute atomic E-state index is 9.55. The Morgan fingerprint density at radius 1 is 0.380 bits per heavy atom. The fourth-order valence-electron chi connectivity index (χ4n) is 6.78. The highest BCUT2D eigenvalue weighted by molar-refractivity contribution is 6.23. The maximum Gasteiger partial charge on any atom is 0.238 e. The Morgan fingerprint density at radius 3 is 1.48 bits per heavy atom. The van der Waals surface area contributed by atoms with Crippen LogP contribution in [0.2, 0.25) is 0 Å². The lowest BCUT2D eigenvalue weighted by Crippen LogP contribution is -2.07. The van der Waals surface area contributed by atoms with Gasteiger partial charge in [-0.05, 0) is 35.3 Å². The molecule has 0 radical (unpaired) electrons. The van der Waals surface area contributed by atoms with E-state index in [1.54, 1.807) is 10.6 Å². The minimum Gasteiger partial charge on any atom is -0.307 e. The van der Waals surface area contributed by atoms with E-state index >= 15 is 0 Å². The van der Waals surface area contributed by atoms with Crippen LogP contribution in [0, 0.1) is 0 Å². The Labute approximate surface area is 298 Å². The van der Waals surface area contributed by atoms with E-state index < -0.39 is 0 Å². The summed E-state index contributed by atoms with van der Waals surface area (Å²) in [6, 6.07) is 40.4. The molecule has 5 heteroatoms. The Kier molecular flexibility index (Phi) is 4.99. The van der Waals surface area contributed by atoms with Gasteiger partial charge in [-0.25, -0.2) is 4.98 Å². The summed E-state index contributed by atoms with van der Waals surface area (Å²) >= 11 is 0. The van der Waals surface area contributed by atoms with Gasteiger partial charge in [0.15, 0.2) is 11.6 Å². The zero-order valence-electron chi connectivity index (χ0n) is 33.4. The highest BCUT2D eigenvalue weighted by atomic mass is 15.2. The minimum absolute atomic E-state index is 0.0137. The van der Waals surface area contributed by atoms with Crippen molar-refractivity contribution in [1.82, 2.24) is 24.1 Å². The van der Waals surface area contributed by atoms with Gasteiger partial charge in [-0.1, -0.05) is 152 Å².